The number of aromatic nitrogens is 2. The fourth-order valence-electron chi connectivity index (χ4n) is 13.6. The van der Waals surface area contributed by atoms with Crippen LogP contribution in [0.4, 0.5) is 13.2 Å². The average Bonchev–Trinajstić information content (AvgIpc) is 3.68. The van der Waals surface area contributed by atoms with Crippen molar-refractivity contribution in [2.24, 2.45) is 11.8 Å². The Morgan fingerprint density at radius 2 is 1.40 bits per heavy atom. The molecule has 5 fully saturated rings. The molecule has 0 spiro atoms. The summed E-state index contributed by atoms with van der Waals surface area (Å²) in [6.07, 6.45) is 9.68. The highest BCUT2D eigenvalue weighted by Crippen LogP contribution is 2.36. The molecule has 2 N–H and O–H groups in total. The zero-order valence-electron chi connectivity index (χ0n) is 46.8. The lowest BCUT2D eigenvalue weighted by Crippen LogP contribution is -2.59. The molecular weight excluding hydrogens is 1050 g/mol. The first-order valence-corrected chi connectivity index (χ1v) is 29.7. The first-order chi connectivity index (χ1) is 39.8. The summed E-state index contributed by atoms with van der Waals surface area (Å²) in [4.78, 5) is 96.3. The van der Waals surface area contributed by atoms with Gasteiger partial charge < -0.3 is 29.8 Å². The van der Waals surface area contributed by atoms with Gasteiger partial charge in [-0.2, -0.15) is 5.10 Å². The van der Waals surface area contributed by atoms with Crippen LogP contribution < -0.4 is 10.9 Å². The van der Waals surface area contributed by atoms with Crippen molar-refractivity contribution in [3.63, 3.8) is 0 Å². The van der Waals surface area contributed by atoms with Crippen LogP contribution in [0.1, 0.15) is 112 Å². The number of nitrogens with one attached hydrogen (secondary N) is 2. The van der Waals surface area contributed by atoms with Crippen LogP contribution >= 0.6 is 0 Å². The number of halogens is 3. The number of piperidine rings is 2. The van der Waals surface area contributed by atoms with Crippen molar-refractivity contribution in [3.05, 3.63) is 146 Å². The number of hydrogen-bond acceptors (Lipinski definition) is 10. The number of fused-ring (bicyclic) bond motifs is 2. The Bertz CT molecular complexity index is 3220. The largest absolute Gasteiger partial charge is 0.341 e. The lowest BCUT2D eigenvalue weighted by Gasteiger charge is -2.44. The maximum absolute atomic E-state index is 15.2. The second-order valence-electron chi connectivity index (χ2n) is 23.6. The van der Waals surface area contributed by atoms with Crippen molar-refractivity contribution >= 4 is 40.3 Å². The summed E-state index contributed by atoms with van der Waals surface area (Å²) in [5, 5.41) is 11.0. The van der Waals surface area contributed by atoms with Crippen molar-refractivity contribution in [2.45, 2.75) is 89.1 Å². The maximum atomic E-state index is 15.2. The van der Waals surface area contributed by atoms with Gasteiger partial charge in [-0.05, 0) is 117 Å². The van der Waals surface area contributed by atoms with E-state index in [0.29, 0.717) is 117 Å². The molecule has 434 valence electrons. The van der Waals surface area contributed by atoms with Crippen LogP contribution in [-0.4, -0.2) is 185 Å². The fraction of sp³-hybridized carbons (Fsp3) is 0.508. The Morgan fingerprint density at radius 3 is 2.17 bits per heavy atom. The third kappa shape index (κ3) is 13.0. The third-order valence-corrected chi connectivity index (χ3v) is 18.4. The molecule has 82 heavy (non-hydrogen) atoms. The Labute approximate surface area is 476 Å². The molecule has 11 rings (SSSR count). The number of likely N-dealkylation sites (tertiary alicyclic amines) is 2. The highest BCUT2D eigenvalue weighted by atomic mass is 19.1. The number of hydrogen-bond donors (Lipinski definition) is 2. The third-order valence-electron chi connectivity index (χ3n) is 18.4. The zero-order valence-corrected chi connectivity index (χ0v) is 46.8. The number of piperazine rings is 2. The highest BCUT2D eigenvalue weighted by molar-refractivity contribution is 6.00. The molecule has 1 aliphatic carbocycles. The van der Waals surface area contributed by atoms with Crippen LogP contribution in [-0.2, 0) is 33.8 Å². The van der Waals surface area contributed by atoms with E-state index in [1.165, 1.54) is 18.2 Å². The number of rotatable bonds is 15. The number of H-pyrrole nitrogens is 1. The molecular formula is C63H75F3N10O6. The predicted molar refractivity (Wildman–Crippen MR) is 304 cm³/mol. The summed E-state index contributed by atoms with van der Waals surface area (Å²) in [7, 11) is 0. The standard InChI is InChI=1S/C63H75F3N10O6/c64-49-16-15-47(55(66)36-49)37-67-38-57(77)75-21-6-9-48(40-75)46-14-13-44-20-24-76(62(81)52(44)35-46)59(45-7-2-1-3-8-45)63(82)74-27-25-71(26-28-74)39-42-18-22-70(23-19-42)41-58(78)72-29-31-73(32-30-72)61(80)53-33-43(12-17-54(53)65)34-56-50-10-4-5-11-51(50)60(79)69-68-56/h4-5,10-17,33,35-36,42,45,48,59,67H,1-3,6-9,18-32,34,37-41H2,(H,69,79)/t48?,59-/m1/s1. The number of aromatic amines is 1. The van der Waals surface area contributed by atoms with Crippen LogP contribution in [0, 0.1) is 29.3 Å². The summed E-state index contributed by atoms with van der Waals surface area (Å²) in [5.74, 6) is -1.80. The van der Waals surface area contributed by atoms with Crippen LogP contribution in [0.2, 0.25) is 0 Å². The quantitative estimate of drug-likeness (QED) is 0.123. The molecule has 1 unspecified atom stereocenters. The highest BCUT2D eigenvalue weighted by Gasteiger charge is 2.42. The van der Waals surface area contributed by atoms with Gasteiger partial charge in [0, 0.05) is 120 Å². The lowest BCUT2D eigenvalue weighted by atomic mass is 9.81. The van der Waals surface area contributed by atoms with E-state index < -0.39 is 29.4 Å². The van der Waals surface area contributed by atoms with Gasteiger partial charge in [-0.1, -0.05) is 61.7 Å². The zero-order chi connectivity index (χ0) is 56.9. The molecule has 4 saturated heterocycles. The Morgan fingerprint density at radius 1 is 0.659 bits per heavy atom. The van der Waals surface area contributed by atoms with E-state index in [0.717, 1.165) is 108 Å². The predicted octanol–water partition coefficient (Wildman–Crippen LogP) is 6.22. The van der Waals surface area contributed by atoms with E-state index >= 15 is 4.39 Å². The Hall–Kier alpha value is -6.96. The van der Waals surface area contributed by atoms with E-state index in [1.807, 2.05) is 32.9 Å². The first kappa shape index (κ1) is 56.9. The summed E-state index contributed by atoms with van der Waals surface area (Å²) >= 11 is 0. The maximum Gasteiger partial charge on any atom is 0.272 e. The molecule has 6 aliphatic rings. The van der Waals surface area contributed by atoms with Gasteiger partial charge in [0.25, 0.3) is 17.4 Å². The van der Waals surface area contributed by atoms with Gasteiger partial charge in [0.05, 0.1) is 29.7 Å². The molecule has 4 aromatic carbocycles. The molecule has 5 aromatic rings. The van der Waals surface area contributed by atoms with Gasteiger partial charge in [-0.3, -0.25) is 38.6 Å². The van der Waals surface area contributed by atoms with Gasteiger partial charge in [-0.15, -0.1) is 0 Å². The summed E-state index contributed by atoms with van der Waals surface area (Å²) in [6, 6.07) is 20.7. The smallest absolute Gasteiger partial charge is 0.272 e. The lowest BCUT2D eigenvalue weighted by molar-refractivity contribution is -0.140. The minimum atomic E-state index is -0.652. The number of carbonyl (C=O) groups is 5. The second kappa shape index (κ2) is 25.7. The van der Waals surface area contributed by atoms with Gasteiger partial charge >= 0.3 is 0 Å². The van der Waals surface area contributed by atoms with E-state index in [-0.39, 0.29) is 59.7 Å². The number of nitrogens with zero attached hydrogens (tertiary/aromatic N) is 8. The first-order valence-electron chi connectivity index (χ1n) is 29.7. The fourth-order valence-corrected chi connectivity index (χ4v) is 13.6. The second-order valence-corrected chi connectivity index (χ2v) is 23.6. The monoisotopic (exact) mass is 1120 g/mol. The van der Waals surface area contributed by atoms with Crippen LogP contribution in [0.25, 0.3) is 10.8 Å². The topological polar surface area (TPSA) is 166 Å². The van der Waals surface area contributed by atoms with Gasteiger partial charge in [0.15, 0.2) is 0 Å². The van der Waals surface area contributed by atoms with Crippen LogP contribution in [0.3, 0.4) is 0 Å². The summed E-state index contributed by atoms with van der Waals surface area (Å²) in [5.41, 5.74) is 3.94. The van der Waals surface area contributed by atoms with E-state index in [2.05, 4.69) is 37.4 Å². The molecule has 6 heterocycles. The van der Waals surface area contributed by atoms with Crippen LogP contribution in [0.15, 0.2) is 83.7 Å². The van der Waals surface area contributed by atoms with Crippen molar-refractivity contribution < 1.29 is 37.1 Å². The molecule has 0 bridgehead atoms. The molecule has 19 heteroatoms. The number of amides is 5. The molecule has 16 nitrogen and oxygen atoms in total. The molecule has 5 aliphatic heterocycles. The summed E-state index contributed by atoms with van der Waals surface area (Å²) in [6.45, 7) is 8.73. The van der Waals surface area contributed by atoms with E-state index in [4.69, 9.17) is 0 Å². The molecule has 2 atom stereocenters. The van der Waals surface area contributed by atoms with Gasteiger partial charge in [0.2, 0.25) is 17.7 Å². The van der Waals surface area contributed by atoms with Crippen molar-refractivity contribution in [1.29, 1.82) is 0 Å². The van der Waals surface area contributed by atoms with E-state index in [9.17, 15) is 37.5 Å². The van der Waals surface area contributed by atoms with Crippen LogP contribution in [0.5, 0.6) is 0 Å². The SMILES string of the molecule is O=C(CN1CCC(CN2CCN(C(=O)[C@@H](C3CCCCC3)N3CCc4ccc(C5CCCN(C(=O)CNCc6ccc(F)cc6F)C5)cc4C3=O)CC2)CC1)N1CCN(C(=O)c2cc(Cc3n[nH]c(=O)c4ccccc34)ccc2F)CC1. The van der Waals surface area contributed by atoms with Gasteiger partial charge in [0.1, 0.15) is 23.5 Å². The molecule has 1 aromatic heterocycles. The Balaban J connectivity index is 0.628. The minimum absolute atomic E-state index is 0.0264. The number of carbonyl (C=O) groups excluding carboxylic acids is 5. The normalized spacial score (nSPS) is 20.3. The summed E-state index contributed by atoms with van der Waals surface area (Å²) < 4.78 is 42.8. The minimum Gasteiger partial charge on any atom is -0.341 e. The molecule has 0 radical (unpaired) electrons. The van der Waals surface area contributed by atoms with Gasteiger partial charge in [-0.25, -0.2) is 18.3 Å². The average molecular weight is 1130 g/mol. The van der Waals surface area contributed by atoms with Crippen molar-refractivity contribution in [1.82, 2.24) is 49.8 Å². The molecule has 1 saturated carbocycles. The molecule has 5 amide bonds. The van der Waals surface area contributed by atoms with E-state index in [1.54, 1.807) is 34.1 Å². The van der Waals surface area contributed by atoms with Crippen molar-refractivity contribution in [3.8, 4) is 0 Å². The number of benzene rings is 4. The van der Waals surface area contributed by atoms with Crippen molar-refractivity contribution in [2.75, 3.05) is 105 Å². The Kier molecular flexibility index (Phi) is 17.8.